The van der Waals surface area contributed by atoms with Crippen LogP contribution in [0.5, 0.6) is 0 Å². The van der Waals surface area contributed by atoms with E-state index in [9.17, 15) is 18.0 Å². The Kier molecular flexibility index (Phi) is 4.02. The summed E-state index contributed by atoms with van der Waals surface area (Å²) in [5.41, 5.74) is 0.815. The first kappa shape index (κ1) is 16.1. The molecule has 0 N–H and O–H groups in total. The first-order valence-electron chi connectivity index (χ1n) is 6.62. The fraction of sp³-hybridized carbons (Fsp3) is 0.188. The Morgan fingerprint density at radius 2 is 1.65 bits per heavy atom. The molecule has 2 nitrogen and oxygen atoms in total. The monoisotopic (exact) mass is 360 g/mol. The highest BCUT2D eigenvalue weighted by Gasteiger charge is 2.33. The van der Waals surface area contributed by atoms with Gasteiger partial charge in [-0.15, -0.1) is 0 Å². The molecule has 0 unspecified atom stereocenters. The van der Waals surface area contributed by atoms with Gasteiger partial charge in [0.1, 0.15) is 6.10 Å². The summed E-state index contributed by atoms with van der Waals surface area (Å²) in [6.45, 7) is 0. The highest BCUT2D eigenvalue weighted by Crippen LogP contribution is 2.38. The molecule has 1 aliphatic heterocycles. The Morgan fingerprint density at radius 1 is 1.04 bits per heavy atom. The van der Waals surface area contributed by atoms with E-state index < -0.39 is 23.8 Å². The number of fused-ring (bicyclic) bond motifs is 1. The van der Waals surface area contributed by atoms with Gasteiger partial charge in [0.25, 0.3) is 0 Å². The average molecular weight is 361 g/mol. The lowest BCUT2D eigenvalue weighted by Gasteiger charge is -2.12. The second-order valence-corrected chi connectivity index (χ2v) is 5.96. The molecule has 2 aromatic carbocycles. The van der Waals surface area contributed by atoms with Crippen LogP contribution in [-0.2, 0) is 17.3 Å². The highest BCUT2D eigenvalue weighted by atomic mass is 35.5. The molecule has 0 bridgehead atoms. The normalized spacial score (nSPS) is 17.1. The van der Waals surface area contributed by atoms with E-state index in [4.69, 9.17) is 27.9 Å². The van der Waals surface area contributed by atoms with E-state index in [0.29, 0.717) is 21.7 Å². The van der Waals surface area contributed by atoms with Crippen LogP contribution in [0.4, 0.5) is 13.2 Å². The van der Waals surface area contributed by atoms with E-state index in [2.05, 4.69) is 0 Å². The average Bonchev–Trinajstić information content (AvgIpc) is 2.75. The Bertz CT molecular complexity index is 770. The first-order valence-corrected chi connectivity index (χ1v) is 7.37. The van der Waals surface area contributed by atoms with Crippen LogP contribution in [-0.4, -0.2) is 5.97 Å². The molecule has 0 saturated carbocycles. The van der Waals surface area contributed by atoms with Gasteiger partial charge in [-0.3, -0.25) is 0 Å². The summed E-state index contributed by atoms with van der Waals surface area (Å²) in [7, 11) is 0. The van der Waals surface area contributed by atoms with Crippen molar-refractivity contribution in [3.63, 3.8) is 0 Å². The zero-order valence-electron chi connectivity index (χ0n) is 11.5. The maximum Gasteiger partial charge on any atom is 0.416 e. The molecule has 0 amide bonds. The number of carbonyl (C=O) groups excluding carboxylic acids is 1. The minimum absolute atomic E-state index is 0.248. The summed E-state index contributed by atoms with van der Waals surface area (Å²) in [6, 6.07) is 7.73. The van der Waals surface area contributed by atoms with Crippen LogP contribution in [0.25, 0.3) is 0 Å². The van der Waals surface area contributed by atoms with Crippen LogP contribution in [0.2, 0.25) is 10.0 Å². The number of benzene rings is 2. The van der Waals surface area contributed by atoms with Crippen LogP contribution in [0.3, 0.4) is 0 Å². The second kappa shape index (κ2) is 5.73. The van der Waals surface area contributed by atoms with E-state index in [0.717, 1.165) is 12.1 Å². The third-order valence-corrected chi connectivity index (χ3v) is 4.33. The van der Waals surface area contributed by atoms with Gasteiger partial charge in [0.15, 0.2) is 0 Å². The smallest absolute Gasteiger partial charge is 0.416 e. The highest BCUT2D eigenvalue weighted by molar-refractivity contribution is 6.42. The molecule has 1 atom stereocenters. The third kappa shape index (κ3) is 3.16. The van der Waals surface area contributed by atoms with Crippen LogP contribution < -0.4 is 0 Å². The zero-order chi connectivity index (χ0) is 16.8. The van der Waals surface area contributed by atoms with Crippen LogP contribution in [0.15, 0.2) is 36.4 Å². The maximum absolute atomic E-state index is 12.6. The molecule has 0 radical (unpaired) electrons. The van der Waals surface area contributed by atoms with Crippen molar-refractivity contribution in [2.24, 2.45) is 0 Å². The molecule has 0 spiro atoms. The van der Waals surface area contributed by atoms with E-state index in [-0.39, 0.29) is 11.4 Å². The molecule has 3 rings (SSSR count). The molecule has 0 saturated heterocycles. The lowest BCUT2D eigenvalue weighted by Crippen LogP contribution is -2.06. The van der Waals surface area contributed by atoms with Crippen molar-refractivity contribution in [2.75, 3.05) is 0 Å². The fourth-order valence-corrected chi connectivity index (χ4v) is 2.79. The number of halogens is 5. The lowest BCUT2D eigenvalue weighted by atomic mass is 9.98. The third-order valence-electron chi connectivity index (χ3n) is 3.61. The maximum atomic E-state index is 12.6. The molecule has 1 aliphatic rings. The predicted octanol–water partition coefficient (Wildman–Crippen LogP) is 5.47. The van der Waals surface area contributed by atoms with Crippen LogP contribution in [0, 0.1) is 0 Å². The summed E-state index contributed by atoms with van der Waals surface area (Å²) < 4.78 is 42.9. The van der Waals surface area contributed by atoms with Crippen molar-refractivity contribution in [2.45, 2.75) is 18.7 Å². The standard InChI is InChI=1S/C16H9Cl2F3O2/c17-12-6-10-11(7-13(12)18)15(22)23-14(10)5-8-1-3-9(4-2-8)16(19,20)21/h1-4,6-7,14H,5H2/t14-/m0/s1. The number of alkyl halides is 3. The molecule has 120 valence electrons. The van der Waals surface area contributed by atoms with E-state index in [1.54, 1.807) is 6.07 Å². The van der Waals surface area contributed by atoms with Gasteiger partial charge in [-0.05, 0) is 29.8 Å². The minimum atomic E-state index is -4.38. The Balaban J connectivity index is 1.86. The molecule has 7 heteroatoms. The van der Waals surface area contributed by atoms with Gasteiger partial charge in [0.05, 0.1) is 21.2 Å². The quantitative estimate of drug-likeness (QED) is 0.664. The Hall–Kier alpha value is -1.72. The number of hydrogen-bond donors (Lipinski definition) is 0. The van der Waals surface area contributed by atoms with Crippen LogP contribution in [0.1, 0.15) is 33.2 Å². The topological polar surface area (TPSA) is 26.3 Å². The van der Waals surface area contributed by atoms with Crippen molar-refractivity contribution in [1.29, 1.82) is 0 Å². The van der Waals surface area contributed by atoms with Crippen LogP contribution >= 0.6 is 23.2 Å². The summed E-state index contributed by atoms with van der Waals surface area (Å²) in [6.07, 6.45) is -4.71. The van der Waals surface area contributed by atoms with Gasteiger partial charge in [-0.25, -0.2) is 4.79 Å². The van der Waals surface area contributed by atoms with Gasteiger partial charge < -0.3 is 4.74 Å². The van der Waals surface area contributed by atoms with E-state index in [1.165, 1.54) is 18.2 Å². The van der Waals surface area contributed by atoms with Gasteiger partial charge in [0.2, 0.25) is 0 Å². The number of hydrogen-bond acceptors (Lipinski definition) is 2. The second-order valence-electron chi connectivity index (χ2n) is 5.15. The van der Waals surface area contributed by atoms with Crippen molar-refractivity contribution in [1.82, 2.24) is 0 Å². The molecular formula is C16H9Cl2F3O2. The molecule has 2 aromatic rings. The molecular weight excluding hydrogens is 352 g/mol. The minimum Gasteiger partial charge on any atom is -0.454 e. The number of rotatable bonds is 2. The largest absolute Gasteiger partial charge is 0.454 e. The van der Waals surface area contributed by atoms with E-state index >= 15 is 0 Å². The van der Waals surface area contributed by atoms with Gasteiger partial charge in [-0.1, -0.05) is 35.3 Å². The van der Waals surface area contributed by atoms with Gasteiger partial charge in [0, 0.05) is 12.0 Å². The Labute approximate surface area is 139 Å². The Morgan fingerprint density at radius 3 is 2.26 bits per heavy atom. The number of ether oxygens (including phenoxy) is 1. The first-order chi connectivity index (χ1) is 10.8. The fourth-order valence-electron chi connectivity index (χ4n) is 2.46. The molecule has 0 aliphatic carbocycles. The molecule has 1 heterocycles. The van der Waals surface area contributed by atoms with Crippen molar-refractivity contribution < 1.29 is 22.7 Å². The lowest BCUT2D eigenvalue weighted by molar-refractivity contribution is -0.137. The van der Waals surface area contributed by atoms with Crippen molar-refractivity contribution >= 4 is 29.2 Å². The summed E-state index contributed by atoms with van der Waals surface area (Å²) in [4.78, 5) is 11.8. The summed E-state index contributed by atoms with van der Waals surface area (Å²) >= 11 is 11.8. The van der Waals surface area contributed by atoms with E-state index in [1.807, 2.05) is 0 Å². The predicted molar refractivity (Wildman–Crippen MR) is 79.8 cm³/mol. The zero-order valence-corrected chi connectivity index (χ0v) is 13.0. The van der Waals surface area contributed by atoms with Crippen molar-refractivity contribution in [3.05, 3.63) is 68.7 Å². The van der Waals surface area contributed by atoms with Crippen molar-refractivity contribution in [3.8, 4) is 0 Å². The van der Waals surface area contributed by atoms with Gasteiger partial charge in [-0.2, -0.15) is 13.2 Å². The molecule has 0 fully saturated rings. The summed E-state index contributed by atoms with van der Waals surface area (Å²) in [5.74, 6) is -0.518. The van der Waals surface area contributed by atoms with Gasteiger partial charge >= 0.3 is 12.1 Å². The number of cyclic esters (lactones) is 1. The molecule has 0 aromatic heterocycles. The SMILES string of the molecule is O=C1O[C@@H](Cc2ccc(C(F)(F)F)cc2)c2cc(Cl)c(Cl)cc21. The number of carbonyl (C=O) groups is 1. The number of esters is 1. The molecule has 23 heavy (non-hydrogen) atoms. The summed E-state index contributed by atoms with van der Waals surface area (Å²) in [5, 5.41) is 0.540.